The maximum absolute atomic E-state index is 12.3. The SMILES string of the molecule is Cc1cccc(NC(=O)CCCSCC(=O)N(C)Cc2ccccc2C)c1. The van der Waals surface area contributed by atoms with Gasteiger partial charge < -0.3 is 10.2 Å². The molecule has 4 nitrogen and oxygen atoms in total. The maximum atomic E-state index is 12.3. The number of carbonyl (C=O) groups is 2. The van der Waals surface area contributed by atoms with E-state index >= 15 is 0 Å². The average Bonchev–Trinajstić information content (AvgIpc) is 2.63. The third-order valence-corrected chi connectivity index (χ3v) is 5.34. The van der Waals surface area contributed by atoms with Crippen LogP contribution < -0.4 is 5.32 Å². The zero-order valence-corrected chi connectivity index (χ0v) is 17.1. The Kier molecular flexibility index (Phi) is 8.40. The molecule has 0 heterocycles. The topological polar surface area (TPSA) is 49.4 Å². The smallest absolute Gasteiger partial charge is 0.232 e. The van der Waals surface area contributed by atoms with Gasteiger partial charge in [-0.15, -0.1) is 0 Å². The maximum Gasteiger partial charge on any atom is 0.232 e. The van der Waals surface area contributed by atoms with Crippen molar-refractivity contribution in [3.05, 3.63) is 65.2 Å². The first kappa shape index (κ1) is 21.0. The van der Waals surface area contributed by atoms with Crippen molar-refractivity contribution in [3.8, 4) is 0 Å². The minimum atomic E-state index is 0.0178. The third-order valence-electron chi connectivity index (χ3n) is 4.31. The Morgan fingerprint density at radius 2 is 1.85 bits per heavy atom. The summed E-state index contributed by atoms with van der Waals surface area (Å²) in [6, 6.07) is 15.9. The van der Waals surface area contributed by atoms with Gasteiger partial charge in [0.05, 0.1) is 5.75 Å². The van der Waals surface area contributed by atoms with Crippen LogP contribution in [0.5, 0.6) is 0 Å². The summed E-state index contributed by atoms with van der Waals surface area (Å²) in [7, 11) is 1.84. The van der Waals surface area contributed by atoms with E-state index in [-0.39, 0.29) is 11.8 Å². The predicted octanol–water partition coefficient (Wildman–Crippen LogP) is 4.41. The number of thioether (sulfide) groups is 1. The molecule has 2 amide bonds. The van der Waals surface area contributed by atoms with Crippen LogP contribution >= 0.6 is 11.8 Å². The van der Waals surface area contributed by atoms with Crippen LogP contribution in [0, 0.1) is 13.8 Å². The van der Waals surface area contributed by atoms with E-state index < -0.39 is 0 Å². The van der Waals surface area contributed by atoms with Gasteiger partial charge >= 0.3 is 0 Å². The highest BCUT2D eigenvalue weighted by Crippen LogP contribution is 2.13. The highest BCUT2D eigenvalue weighted by molar-refractivity contribution is 7.99. The molecule has 0 unspecified atom stereocenters. The fraction of sp³-hybridized carbons (Fsp3) is 0.364. The summed E-state index contributed by atoms with van der Waals surface area (Å²) in [6.07, 6.45) is 1.23. The van der Waals surface area contributed by atoms with Gasteiger partial charge in [-0.3, -0.25) is 9.59 Å². The normalized spacial score (nSPS) is 10.5. The second-order valence-corrected chi connectivity index (χ2v) is 7.86. The number of rotatable bonds is 9. The zero-order valence-electron chi connectivity index (χ0n) is 16.3. The molecule has 0 bridgehead atoms. The van der Waals surface area contributed by atoms with Gasteiger partial charge in [0.1, 0.15) is 0 Å². The zero-order chi connectivity index (χ0) is 19.6. The van der Waals surface area contributed by atoms with Crippen LogP contribution in [0.25, 0.3) is 0 Å². The number of nitrogens with zero attached hydrogens (tertiary/aromatic N) is 1. The standard InChI is InChI=1S/C22H28N2O2S/c1-17-8-6-11-20(14-17)23-21(25)12-7-13-27-16-22(26)24(3)15-19-10-5-4-9-18(19)2/h4-6,8-11,14H,7,12-13,15-16H2,1-3H3,(H,23,25). The molecule has 0 aliphatic carbocycles. The highest BCUT2D eigenvalue weighted by Gasteiger charge is 2.10. The molecule has 5 heteroatoms. The van der Waals surface area contributed by atoms with Crippen molar-refractivity contribution in [2.24, 2.45) is 0 Å². The van der Waals surface area contributed by atoms with Crippen LogP contribution in [0.15, 0.2) is 48.5 Å². The molecular formula is C22H28N2O2S. The lowest BCUT2D eigenvalue weighted by atomic mass is 10.1. The van der Waals surface area contributed by atoms with Crippen molar-refractivity contribution >= 4 is 29.3 Å². The second kappa shape index (κ2) is 10.8. The predicted molar refractivity (Wildman–Crippen MR) is 114 cm³/mol. The molecule has 0 aliphatic rings. The highest BCUT2D eigenvalue weighted by atomic mass is 32.2. The molecule has 27 heavy (non-hydrogen) atoms. The molecule has 1 N–H and O–H groups in total. The summed E-state index contributed by atoms with van der Waals surface area (Å²) < 4.78 is 0. The van der Waals surface area contributed by atoms with Gasteiger partial charge in [-0.2, -0.15) is 11.8 Å². The molecule has 0 atom stereocenters. The Labute approximate surface area is 166 Å². The fourth-order valence-electron chi connectivity index (χ4n) is 2.68. The molecule has 0 radical (unpaired) electrons. The Morgan fingerprint density at radius 3 is 2.59 bits per heavy atom. The van der Waals surface area contributed by atoms with Crippen molar-refractivity contribution in [2.45, 2.75) is 33.2 Å². The lowest BCUT2D eigenvalue weighted by molar-refractivity contribution is -0.127. The van der Waals surface area contributed by atoms with E-state index in [9.17, 15) is 9.59 Å². The van der Waals surface area contributed by atoms with Crippen LogP contribution in [-0.2, 0) is 16.1 Å². The Morgan fingerprint density at radius 1 is 1.07 bits per heavy atom. The van der Waals surface area contributed by atoms with Crippen molar-refractivity contribution in [3.63, 3.8) is 0 Å². The lowest BCUT2D eigenvalue weighted by Gasteiger charge is -2.18. The van der Waals surface area contributed by atoms with Crippen LogP contribution in [-0.4, -0.2) is 35.3 Å². The molecule has 0 saturated carbocycles. The van der Waals surface area contributed by atoms with E-state index in [1.54, 1.807) is 16.7 Å². The van der Waals surface area contributed by atoms with E-state index in [1.807, 2.05) is 50.4 Å². The number of benzene rings is 2. The third kappa shape index (κ3) is 7.47. The molecule has 0 spiro atoms. The van der Waals surface area contributed by atoms with Gasteiger partial charge in [0.2, 0.25) is 11.8 Å². The van der Waals surface area contributed by atoms with E-state index in [4.69, 9.17) is 0 Å². The molecule has 2 aromatic carbocycles. The summed E-state index contributed by atoms with van der Waals surface area (Å²) in [6.45, 7) is 4.69. The second-order valence-electron chi connectivity index (χ2n) is 6.75. The Hall–Kier alpha value is -2.27. The van der Waals surface area contributed by atoms with Crippen LogP contribution in [0.4, 0.5) is 5.69 Å². The molecule has 2 aromatic rings. The average molecular weight is 385 g/mol. The molecule has 2 rings (SSSR count). The Balaban J connectivity index is 1.62. The lowest BCUT2D eigenvalue weighted by Crippen LogP contribution is -2.28. The quantitative estimate of drug-likeness (QED) is 0.651. The molecule has 144 valence electrons. The number of hydrogen-bond acceptors (Lipinski definition) is 3. The minimum absolute atomic E-state index is 0.0178. The van der Waals surface area contributed by atoms with Crippen molar-refractivity contribution in [1.29, 1.82) is 0 Å². The van der Waals surface area contributed by atoms with Crippen molar-refractivity contribution < 1.29 is 9.59 Å². The summed E-state index contributed by atoms with van der Waals surface area (Å²) in [5.41, 5.74) is 4.33. The largest absolute Gasteiger partial charge is 0.341 e. The minimum Gasteiger partial charge on any atom is -0.341 e. The van der Waals surface area contributed by atoms with Gasteiger partial charge in [0.25, 0.3) is 0 Å². The van der Waals surface area contributed by atoms with Gasteiger partial charge in [0.15, 0.2) is 0 Å². The Bertz CT molecular complexity index is 776. The van der Waals surface area contributed by atoms with E-state index in [0.717, 1.165) is 23.4 Å². The summed E-state index contributed by atoms with van der Waals surface area (Å²) in [4.78, 5) is 26.0. The number of amides is 2. The number of carbonyl (C=O) groups excluding carboxylic acids is 2. The number of nitrogens with one attached hydrogen (secondary N) is 1. The fourth-order valence-corrected chi connectivity index (χ4v) is 3.57. The molecule has 0 saturated heterocycles. The first-order valence-electron chi connectivity index (χ1n) is 9.18. The first-order valence-corrected chi connectivity index (χ1v) is 10.3. The van der Waals surface area contributed by atoms with E-state index in [2.05, 4.69) is 24.4 Å². The van der Waals surface area contributed by atoms with Crippen molar-refractivity contribution in [1.82, 2.24) is 4.90 Å². The number of hydrogen-bond donors (Lipinski definition) is 1. The molecule has 0 fully saturated rings. The van der Waals surface area contributed by atoms with Gasteiger partial charge in [0, 0.05) is 25.7 Å². The van der Waals surface area contributed by atoms with E-state index in [1.165, 1.54) is 11.1 Å². The van der Waals surface area contributed by atoms with Gasteiger partial charge in [-0.1, -0.05) is 36.4 Å². The monoisotopic (exact) mass is 384 g/mol. The molecular weight excluding hydrogens is 356 g/mol. The number of anilines is 1. The van der Waals surface area contributed by atoms with Crippen LogP contribution in [0.1, 0.15) is 29.5 Å². The van der Waals surface area contributed by atoms with Gasteiger partial charge in [-0.05, 0) is 54.8 Å². The first-order chi connectivity index (χ1) is 13.0. The molecule has 0 aromatic heterocycles. The van der Waals surface area contributed by atoms with E-state index in [0.29, 0.717) is 18.7 Å². The number of aryl methyl sites for hydroxylation is 2. The summed E-state index contributed by atoms with van der Waals surface area (Å²) in [5.74, 6) is 1.38. The van der Waals surface area contributed by atoms with Crippen LogP contribution in [0.3, 0.4) is 0 Å². The van der Waals surface area contributed by atoms with Gasteiger partial charge in [-0.25, -0.2) is 0 Å². The van der Waals surface area contributed by atoms with Crippen LogP contribution in [0.2, 0.25) is 0 Å². The molecule has 0 aliphatic heterocycles. The summed E-state index contributed by atoms with van der Waals surface area (Å²) >= 11 is 1.58. The summed E-state index contributed by atoms with van der Waals surface area (Å²) in [5, 5.41) is 2.91. The van der Waals surface area contributed by atoms with Crippen molar-refractivity contribution in [2.75, 3.05) is 23.9 Å².